The molecule has 47 heavy (non-hydrogen) atoms. The Bertz CT molecular complexity index is 797. The highest BCUT2D eigenvalue weighted by Crippen LogP contribution is 2.15. The Kier molecular flexibility index (Phi) is 37.0. The normalized spacial score (nSPS) is 13.7. The number of unbranched alkanes of at least 4 members (excludes halogenated alkanes) is 20. The fraction of sp³-hybridized carbons (Fsp3) is 0.744. The molecule has 1 amide bonds. The summed E-state index contributed by atoms with van der Waals surface area (Å²) in [6.45, 7) is 4.15. The molecule has 0 saturated heterocycles. The first kappa shape index (κ1) is 45.1. The Balaban J connectivity index is 3.64. The number of carbonyl (C=O) groups is 1. The zero-order valence-corrected chi connectivity index (χ0v) is 31.0. The van der Waals surface area contributed by atoms with Crippen LogP contribution in [0, 0.1) is 0 Å². The van der Waals surface area contributed by atoms with E-state index in [9.17, 15) is 15.0 Å². The zero-order valence-electron chi connectivity index (χ0n) is 31.0. The minimum absolute atomic E-state index is 0.145. The highest BCUT2D eigenvalue weighted by molar-refractivity contribution is 5.76. The van der Waals surface area contributed by atoms with Gasteiger partial charge < -0.3 is 15.5 Å². The van der Waals surface area contributed by atoms with Crippen molar-refractivity contribution in [2.75, 3.05) is 6.61 Å². The van der Waals surface area contributed by atoms with E-state index < -0.39 is 12.1 Å². The molecule has 0 aliphatic rings. The van der Waals surface area contributed by atoms with E-state index in [4.69, 9.17) is 0 Å². The third-order valence-corrected chi connectivity index (χ3v) is 8.77. The van der Waals surface area contributed by atoms with Crippen LogP contribution in [-0.4, -0.2) is 34.9 Å². The first-order valence-electron chi connectivity index (χ1n) is 20.0. The molecule has 0 aromatic rings. The Morgan fingerprint density at radius 2 is 0.936 bits per heavy atom. The predicted molar refractivity (Wildman–Crippen MR) is 207 cm³/mol. The highest BCUT2D eigenvalue weighted by atomic mass is 16.3. The fourth-order valence-corrected chi connectivity index (χ4v) is 5.72. The number of hydrogen-bond donors (Lipinski definition) is 3. The molecule has 2 atom stereocenters. The van der Waals surface area contributed by atoms with Crippen LogP contribution >= 0.6 is 0 Å². The summed E-state index contributed by atoms with van der Waals surface area (Å²) in [4.78, 5) is 12.3. The Morgan fingerprint density at radius 1 is 0.532 bits per heavy atom. The van der Waals surface area contributed by atoms with E-state index in [1.54, 1.807) is 6.08 Å². The van der Waals surface area contributed by atoms with E-state index >= 15 is 0 Å². The van der Waals surface area contributed by atoms with Crippen LogP contribution in [0.15, 0.2) is 60.8 Å². The fourth-order valence-electron chi connectivity index (χ4n) is 5.72. The summed E-state index contributed by atoms with van der Waals surface area (Å²) in [5.41, 5.74) is 0. The number of nitrogens with one attached hydrogen (secondary N) is 1. The molecule has 0 radical (unpaired) electrons. The van der Waals surface area contributed by atoms with Gasteiger partial charge in [-0.1, -0.05) is 197 Å². The van der Waals surface area contributed by atoms with Crippen molar-refractivity contribution in [2.45, 2.75) is 199 Å². The number of aliphatic hydroxyl groups excluding tert-OH is 2. The van der Waals surface area contributed by atoms with Crippen LogP contribution in [0.25, 0.3) is 0 Å². The van der Waals surface area contributed by atoms with Gasteiger partial charge in [-0.2, -0.15) is 0 Å². The van der Waals surface area contributed by atoms with Crippen molar-refractivity contribution in [3.8, 4) is 0 Å². The van der Waals surface area contributed by atoms with Crippen LogP contribution in [0.1, 0.15) is 187 Å². The van der Waals surface area contributed by atoms with Crippen molar-refractivity contribution in [1.29, 1.82) is 0 Å². The lowest BCUT2D eigenvalue weighted by molar-refractivity contribution is -0.122. The van der Waals surface area contributed by atoms with Gasteiger partial charge in [0.05, 0.1) is 18.8 Å². The minimum Gasteiger partial charge on any atom is -0.394 e. The van der Waals surface area contributed by atoms with Crippen molar-refractivity contribution in [1.82, 2.24) is 5.32 Å². The lowest BCUT2D eigenvalue weighted by atomic mass is 10.0. The Labute approximate surface area is 292 Å². The number of hydrogen-bond acceptors (Lipinski definition) is 3. The average Bonchev–Trinajstić information content (AvgIpc) is 3.07. The minimum atomic E-state index is -0.869. The van der Waals surface area contributed by atoms with Gasteiger partial charge in [-0.05, 0) is 44.9 Å². The third-order valence-electron chi connectivity index (χ3n) is 8.77. The molecule has 0 aliphatic carbocycles. The maximum absolute atomic E-state index is 12.3. The van der Waals surface area contributed by atoms with Crippen LogP contribution in [0.5, 0.6) is 0 Å². The standard InChI is InChI=1S/C43H77NO3/c1-3-5-7-9-11-13-15-17-18-19-20-21-22-23-24-25-27-28-30-32-34-36-38-42(46)41(40-45)44-43(47)39-37-35-33-31-29-26-16-14-12-10-8-6-4-2/h6,8,12,14,26,29,33,35-36,38,41-42,45-46H,3-5,7,9-11,13,15-25,27-28,30-32,34,37,39-40H2,1-2H3,(H,44,47)/b8-6-,14-12-,29-26-,35-33-,38-36+. The Morgan fingerprint density at radius 3 is 1.36 bits per heavy atom. The van der Waals surface area contributed by atoms with Gasteiger partial charge in [0, 0.05) is 6.42 Å². The monoisotopic (exact) mass is 656 g/mol. The van der Waals surface area contributed by atoms with Crippen LogP contribution in [0.2, 0.25) is 0 Å². The van der Waals surface area contributed by atoms with Crippen LogP contribution in [0.3, 0.4) is 0 Å². The topological polar surface area (TPSA) is 69.6 Å². The van der Waals surface area contributed by atoms with E-state index in [1.807, 2.05) is 12.2 Å². The molecule has 0 aliphatic heterocycles. The molecule has 0 heterocycles. The van der Waals surface area contributed by atoms with Gasteiger partial charge in [0.2, 0.25) is 5.91 Å². The van der Waals surface area contributed by atoms with Gasteiger partial charge in [0.25, 0.3) is 0 Å². The number of allylic oxidation sites excluding steroid dienone is 9. The lowest BCUT2D eigenvalue weighted by Gasteiger charge is -2.19. The SMILES string of the molecule is CC/C=C\C/C=C\C/C=C\C/C=C\CCC(=O)NC(CO)C(O)/C=C/CCCCCCCCCCCCCCCCCCCCCC. The summed E-state index contributed by atoms with van der Waals surface area (Å²) in [5.74, 6) is -0.145. The molecule has 0 fully saturated rings. The number of amides is 1. The lowest BCUT2D eigenvalue weighted by Crippen LogP contribution is -2.45. The second-order valence-electron chi connectivity index (χ2n) is 13.3. The zero-order chi connectivity index (χ0) is 34.3. The van der Waals surface area contributed by atoms with E-state index in [1.165, 1.54) is 122 Å². The average molecular weight is 656 g/mol. The molecule has 272 valence electrons. The van der Waals surface area contributed by atoms with Crippen molar-refractivity contribution >= 4 is 5.91 Å². The second-order valence-corrected chi connectivity index (χ2v) is 13.3. The summed E-state index contributed by atoms with van der Waals surface area (Å²) < 4.78 is 0. The maximum atomic E-state index is 12.3. The molecule has 3 N–H and O–H groups in total. The van der Waals surface area contributed by atoms with Crippen LogP contribution in [-0.2, 0) is 4.79 Å². The highest BCUT2D eigenvalue weighted by Gasteiger charge is 2.17. The molecular weight excluding hydrogens is 578 g/mol. The molecule has 0 aromatic carbocycles. The number of aliphatic hydroxyl groups is 2. The Hall–Kier alpha value is -1.91. The molecule has 2 unspecified atom stereocenters. The van der Waals surface area contributed by atoms with Crippen LogP contribution in [0.4, 0.5) is 0 Å². The molecule has 0 rings (SSSR count). The largest absolute Gasteiger partial charge is 0.394 e. The molecule has 0 saturated carbocycles. The third kappa shape index (κ3) is 35.2. The van der Waals surface area contributed by atoms with Crippen LogP contribution < -0.4 is 5.32 Å². The van der Waals surface area contributed by atoms with Gasteiger partial charge in [0.1, 0.15) is 0 Å². The first-order valence-corrected chi connectivity index (χ1v) is 20.0. The maximum Gasteiger partial charge on any atom is 0.220 e. The van der Waals surface area contributed by atoms with Gasteiger partial charge >= 0.3 is 0 Å². The van der Waals surface area contributed by atoms with Crippen molar-refractivity contribution < 1.29 is 15.0 Å². The first-order chi connectivity index (χ1) is 23.2. The van der Waals surface area contributed by atoms with Crippen molar-refractivity contribution in [3.05, 3.63) is 60.8 Å². The molecule has 0 bridgehead atoms. The summed E-state index contributed by atoms with van der Waals surface area (Å²) in [6.07, 6.45) is 53.4. The van der Waals surface area contributed by atoms with E-state index in [-0.39, 0.29) is 12.5 Å². The summed E-state index contributed by atoms with van der Waals surface area (Å²) in [5, 5.41) is 22.9. The van der Waals surface area contributed by atoms with Gasteiger partial charge in [0.15, 0.2) is 0 Å². The van der Waals surface area contributed by atoms with Crippen molar-refractivity contribution in [3.63, 3.8) is 0 Å². The number of rotatable bonds is 35. The molecule has 0 spiro atoms. The van der Waals surface area contributed by atoms with Gasteiger partial charge in [-0.25, -0.2) is 0 Å². The van der Waals surface area contributed by atoms with Crippen molar-refractivity contribution in [2.24, 2.45) is 0 Å². The van der Waals surface area contributed by atoms with E-state index in [2.05, 4.69) is 61.7 Å². The van der Waals surface area contributed by atoms with E-state index in [0.717, 1.165) is 38.5 Å². The molecule has 0 aromatic heterocycles. The quantitative estimate of drug-likeness (QED) is 0.0470. The van der Waals surface area contributed by atoms with Gasteiger partial charge in [-0.15, -0.1) is 0 Å². The predicted octanol–water partition coefficient (Wildman–Crippen LogP) is 12.2. The second kappa shape index (κ2) is 38.5. The summed E-state index contributed by atoms with van der Waals surface area (Å²) in [7, 11) is 0. The molecule has 4 heteroatoms. The smallest absolute Gasteiger partial charge is 0.220 e. The summed E-state index contributed by atoms with van der Waals surface area (Å²) >= 11 is 0. The summed E-state index contributed by atoms with van der Waals surface area (Å²) in [6, 6.07) is -0.661. The van der Waals surface area contributed by atoms with E-state index in [0.29, 0.717) is 12.8 Å². The molecular formula is C43H77NO3. The van der Waals surface area contributed by atoms with Gasteiger partial charge in [-0.3, -0.25) is 4.79 Å². The molecule has 4 nitrogen and oxygen atoms in total. The number of carbonyl (C=O) groups excluding carboxylic acids is 1.